The van der Waals surface area contributed by atoms with Crippen LogP contribution in [0, 0.1) is 0 Å². The summed E-state index contributed by atoms with van der Waals surface area (Å²) in [5.41, 5.74) is 5.33. The van der Waals surface area contributed by atoms with Crippen LogP contribution in [-0.2, 0) is 0 Å². The standard InChI is InChI=1S/C36H44Br2N2O2/c1-3-5-7-9-11-13-25-41-29-19-15-27(16-20-29)33-34(40-36-32(38)24-23-31(37)35(36)39-33)28-17-21-30(22-18-28)42-26-14-12-10-8-6-4-2/h15-24H,3-14,25-26H2,1-2H3. The van der Waals surface area contributed by atoms with Gasteiger partial charge in [0.2, 0.25) is 0 Å². The van der Waals surface area contributed by atoms with Gasteiger partial charge in [0, 0.05) is 20.1 Å². The number of ether oxygens (including phenoxy) is 2. The second kappa shape index (κ2) is 17.6. The van der Waals surface area contributed by atoms with Crippen molar-refractivity contribution in [2.75, 3.05) is 13.2 Å². The van der Waals surface area contributed by atoms with Crippen LogP contribution < -0.4 is 9.47 Å². The highest BCUT2D eigenvalue weighted by Gasteiger charge is 2.17. The highest BCUT2D eigenvalue weighted by Crippen LogP contribution is 2.36. The van der Waals surface area contributed by atoms with Gasteiger partial charge in [-0.3, -0.25) is 0 Å². The van der Waals surface area contributed by atoms with Crippen LogP contribution in [0.5, 0.6) is 11.5 Å². The molecule has 1 heterocycles. The summed E-state index contributed by atoms with van der Waals surface area (Å²) in [4.78, 5) is 10.3. The Bertz CT molecular complexity index is 1270. The maximum Gasteiger partial charge on any atom is 0.119 e. The van der Waals surface area contributed by atoms with Gasteiger partial charge in [-0.05, 0) is 105 Å². The Hall–Kier alpha value is -2.44. The molecule has 0 unspecified atom stereocenters. The molecule has 224 valence electrons. The largest absolute Gasteiger partial charge is 0.494 e. The monoisotopic (exact) mass is 694 g/mol. The Kier molecular flexibility index (Phi) is 13.6. The predicted octanol–water partition coefficient (Wildman–Crippen LogP) is 12.0. The fourth-order valence-corrected chi connectivity index (χ4v) is 5.86. The van der Waals surface area contributed by atoms with E-state index in [1.165, 1.54) is 64.2 Å². The van der Waals surface area contributed by atoms with Crippen LogP contribution in [-0.4, -0.2) is 23.2 Å². The summed E-state index contributed by atoms with van der Waals surface area (Å²) >= 11 is 7.36. The van der Waals surface area contributed by atoms with Gasteiger partial charge < -0.3 is 9.47 Å². The Balaban J connectivity index is 1.49. The van der Waals surface area contributed by atoms with Gasteiger partial charge in [-0.1, -0.05) is 78.1 Å². The van der Waals surface area contributed by atoms with E-state index in [1.54, 1.807) is 0 Å². The van der Waals surface area contributed by atoms with E-state index in [4.69, 9.17) is 19.4 Å². The molecule has 0 saturated carbocycles. The van der Waals surface area contributed by atoms with E-state index in [0.29, 0.717) is 0 Å². The first-order valence-electron chi connectivity index (χ1n) is 15.7. The molecular weight excluding hydrogens is 652 g/mol. The van der Waals surface area contributed by atoms with Crippen LogP contribution in [0.4, 0.5) is 0 Å². The zero-order chi connectivity index (χ0) is 29.6. The van der Waals surface area contributed by atoms with Crippen molar-refractivity contribution in [2.24, 2.45) is 0 Å². The van der Waals surface area contributed by atoms with Crippen molar-refractivity contribution >= 4 is 42.9 Å². The van der Waals surface area contributed by atoms with Crippen molar-refractivity contribution < 1.29 is 9.47 Å². The SMILES string of the molecule is CCCCCCCCOc1ccc(-c2nc3c(Br)ccc(Br)c3nc2-c2ccc(OCCCCCCCC)cc2)cc1. The third kappa shape index (κ3) is 9.54. The van der Waals surface area contributed by atoms with Crippen molar-refractivity contribution in [3.63, 3.8) is 0 Å². The molecule has 0 amide bonds. The quantitative estimate of drug-likeness (QED) is 0.0972. The summed E-state index contributed by atoms with van der Waals surface area (Å²) in [7, 11) is 0. The minimum Gasteiger partial charge on any atom is -0.494 e. The van der Waals surface area contributed by atoms with E-state index >= 15 is 0 Å². The normalized spacial score (nSPS) is 11.2. The molecule has 42 heavy (non-hydrogen) atoms. The van der Waals surface area contributed by atoms with Crippen LogP contribution in [0.15, 0.2) is 69.6 Å². The molecule has 0 spiro atoms. The minimum absolute atomic E-state index is 0.751. The number of rotatable bonds is 18. The Morgan fingerprint density at radius 3 is 1.21 bits per heavy atom. The van der Waals surface area contributed by atoms with Crippen LogP contribution in [0.3, 0.4) is 0 Å². The van der Waals surface area contributed by atoms with Crippen LogP contribution >= 0.6 is 31.9 Å². The number of halogens is 2. The highest BCUT2D eigenvalue weighted by atomic mass is 79.9. The van der Waals surface area contributed by atoms with Gasteiger partial charge in [0.05, 0.1) is 24.6 Å². The maximum atomic E-state index is 6.04. The molecule has 0 saturated heterocycles. The highest BCUT2D eigenvalue weighted by molar-refractivity contribution is 9.11. The summed E-state index contributed by atoms with van der Waals surface area (Å²) in [6.45, 7) is 6.00. The summed E-state index contributed by atoms with van der Waals surface area (Å²) in [6.07, 6.45) is 15.1. The Morgan fingerprint density at radius 2 is 0.833 bits per heavy atom. The molecule has 0 N–H and O–H groups in total. The lowest BCUT2D eigenvalue weighted by atomic mass is 10.0. The van der Waals surface area contributed by atoms with E-state index in [0.717, 1.165) is 80.0 Å². The number of fused-ring (bicyclic) bond motifs is 1. The predicted molar refractivity (Wildman–Crippen MR) is 184 cm³/mol. The van der Waals surface area contributed by atoms with Crippen LogP contribution in [0.25, 0.3) is 33.5 Å². The van der Waals surface area contributed by atoms with Crippen molar-refractivity contribution in [1.29, 1.82) is 0 Å². The smallest absolute Gasteiger partial charge is 0.119 e. The number of aromatic nitrogens is 2. The van der Waals surface area contributed by atoms with Crippen LogP contribution in [0.2, 0.25) is 0 Å². The second-order valence-corrected chi connectivity index (χ2v) is 12.6. The summed E-state index contributed by atoms with van der Waals surface area (Å²) in [5, 5.41) is 0. The lowest BCUT2D eigenvalue weighted by Crippen LogP contribution is -1.99. The van der Waals surface area contributed by atoms with Gasteiger partial charge in [0.1, 0.15) is 22.5 Å². The van der Waals surface area contributed by atoms with Crippen molar-refractivity contribution in [1.82, 2.24) is 9.97 Å². The average molecular weight is 697 g/mol. The molecule has 4 aromatic rings. The molecule has 0 atom stereocenters. The van der Waals surface area contributed by atoms with Crippen molar-refractivity contribution in [3.05, 3.63) is 69.6 Å². The topological polar surface area (TPSA) is 44.2 Å². The van der Waals surface area contributed by atoms with Gasteiger partial charge in [-0.2, -0.15) is 0 Å². The molecule has 6 heteroatoms. The average Bonchev–Trinajstić information content (AvgIpc) is 3.02. The summed E-state index contributed by atoms with van der Waals surface area (Å²) < 4.78 is 13.9. The third-order valence-electron chi connectivity index (χ3n) is 7.51. The number of hydrogen-bond donors (Lipinski definition) is 0. The van der Waals surface area contributed by atoms with Gasteiger partial charge in [0.15, 0.2) is 0 Å². The number of benzene rings is 3. The first kappa shape index (κ1) is 32.5. The van der Waals surface area contributed by atoms with E-state index in [-0.39, 0.29) is 0 Å². The van der Waals surface area contributed by atoms with Crippen molar-refractivity contribution in [3.8, 4) is 34.0 Å². The molecule has 0 radical (unpaired) electrons. The molecule has 0 fully saturated rings. The zero-order valence-corrected chi connectivity index (χ0v) is 28.3. The Labute approximate surface area is 268 Å². The molecular formula is C36H44Br2N2O2. The maximum absolute atomic E-state index is 6.04. The summed E-state index contributed by atoms with van der Waals surface area (Å²) in [6, 6.07) is 20.5. The minimum atomic E-state index is 0.751. The number of unbranched alkanes of at least 4 members (excludes halogenated alkanes) is 10. The second-order valence-electron chi connectivity index (χ2n) is 10.9. The van der Waals surface area contributed by atoms with Gasteiger partial charge in [-0.25, -0.2) is 9.97 Å². The number of nitrogens with zero attached hydrogens (tertiary/aromatic N) is 2. The van der Waals surface area contributed by atoms with Crippen LogP contribution in [0.1, 0.15) is 90.9 Å². The third-order valence-corrected chi connectivity index (χ3v) is 8.79. The van der Waals surface area contributed by atoms with E-state index in [1.807, 2.05) is 36.4 Å². The molecule has 4 rings (SSSR count). The van der Waals surface area contributed by atoms with Gasteiger partial charge in [0.25, 0.3) is 0 Å². The van der Waals surface area contributed by atoms with Gasteiger partial charge >= 0.3 is 0 Å². The van der Waals surface area contributed by atoms with E-state index < -0.39 is 0 Å². The zero-order valence-electron chi connectivity index (χ0n) is 25.1. The lowest BCUT2D eigenvalue weighted by Gasteiger charge is -2.14. The molecule has 0 aliphatic rings. The van der Waals surface area contributed by atoms with E-state index in [2.05, 4.69) is 70.0 Å². The van der Waals surface area contributed by atoms with Gasteiger partial charge in [-0.15, -0.1) is 0 Å². The molecule has 0 bridgehead atoms. The fraction of sp³-hybridized carbons (Fsp3) is 0.444. The molecule has 0 aliphatic heterocycles. The van der Waals surface area contributed by atoms with Crippen molar-refractivity contribution in [2.45, 2.75) is 90.9 Å². The lowest BCUT2D eigenvalue weighted by molar-refractivity contribution is 0.304. The van der Waals surface area contributed by atoms with E-state index in [9.17, 15) is 0 Å². The molecule has 4 nitrogen and oxygen atoms in total. The first-order chi connectivity index (χ1) is 20.6. The first-order valence-corrected chi connectivity index (χ1v) is 17.3. The Morgan fingerprint density at radius 1 is 0.476 bits per heavy atom. The fourth-order valence-electron chi connectivity index (χ4n) is 5.04. The molecule has 1 aromatic heterocycles. The molecule has 3 aromatic carbocycles. The molecule has 0 aliphatic carbocycles. The number of hydrogen-bond acceptors (Lipinski definition) is 4. The summed E-state index contributed by atoms with van der Waals surface area (Å²) in [5.74, 6) is 1.77.